The first kappa shape index (κ1) is 18.2. The zero-order valence-corrected chi connectivity index (χ0v) is 16.1. The standard InChI is InChI=1S/C20H24N6O2/c1-15-22-8-9-26(15)14-20(5-6-20)13-23-19(27)25(2)12-17-10-18(24-28-17)16-4-3-7-21-11-16/h3-4,7-11H,5-6,12-14H2,1-2H3,(H,23,27). The highest BCUT2D eigenvalue weighted by Crippen LogP contribution is 2.46. The van der Waals surface area contributed by atoms with Gasteiger partial charge in [0.25, 0.3) is 0 Å². The molecule has 1 aliphatic carbocycles. The number of urea groups is 1. The van der Waals surface area contributed by atoms with Crippen LogP contribution in [-0.2, 0) is 13.1 Å². The molecular formula is C20H24N6O2. The summed E-state index contributed by atoms with van der Waals surface area (Å²) in [6.07, 6.45) is 9.48. The number of aromatic nitrogens is 4. The van der Waals surface area contributed by atoms with E-state index in [1.807, 2.05) is 37.5 Å². The number of nitrogens with zero attached hydrogens (tertiary/aromatic N) is 5. The Bertz CT molecular complexity index is 945. The van der Waals surface area contributed by atoms with Crippen molar-refractivity contribution < 1.29 is 9.32 Å². The van der Waals surface area contributed by atoms with Crippen LogP contribution in [0.2, 0.25) is 0 Å². The molecule has 1 N–H and O–H groups in total. The molecule has 3 heterocycles. The number of rotatable bonds is 7. The van der Waals surface area contributed by atoms with Crippen molar-refractivity contribution in [1.29, 1.82) is 0 Å². The number of aryl methyl sites for hydroxylation is 1. The van der Waals surface area contributed by atoms with Crippen molar-refractivity contribution in [3.63, 3.8) is 0 Å². The summed E-state index contributed by atoms with van der Waals surface area (Å²) in [7, 11) is 1.75. The molecule has 8 heteroatoms. The maximum absolute atomic E-state index is 12.5. The van der Waals surface area contributed by atoms with E-state index in [0.717, 1.165) is 30.8 Å². The van der Waals surface area contributed by atoms with Crippen LogP contribution in [0.4, 0.5) is 4.79 Å². The maximum Gasteiger partial charge on any atom is 0.317 e. The number of hydrogen-bond acceptors (Lipinski definition) is 5. The summed E-state index contributed by atoms with van der Waals surface area (Å²) in [5.41, 5.74) is 1.74. The molecule has 0 saturated heterocycles. The highest BCUT2D eigenvalue weighted by molar-refractivity contribution is 5.74. The van der Waals surface area contributed by atoms with Crippen molar-refractivity contribution in [2.45, 2.75) is 32.9 Å². The van der Waals surface area contributed by atoms with Gasteiger partial charge < -0.3 is 19.3 Å². The van der Waals surface area contributed by atoms with Crippen LogP contribution in [0.15, 0.2) is 47.5 Å². The van der Waals surface area contributed by atoms with Crippen molar-refractivity contribution in [3.05, 3.63) is 54.6 Å². The maximum atomic E-state index is 12.5. The molecule has 2 amide bonds. The van der Waals surface area contributed by atoms with E-state index in [1.165, 1.54) is 0 Å². The normalized spacial score (nSPS) is 14.6. The van der Waals surface area contributed by atoms with Gasteiger partial charge in [-0.25, -0.2) is 9.78 Å². The minimum absolute atomic E-state index is 0.118. The lowest BCUT2D eigenvalue weighted by atomic mass is 10.1. The molecule has 28 heavy (non-hydrogen) atoms. The van der Waals surface area contributed by atoms with Crippen LogP contribution in [0.25, 0.3) is 11.3 Å². The average Bonchev–Trinajstić information content (AvgIpc) is 3.10. The lowest BCUT2D eigenvalue weighted by Gasteiger charge is -2.21. The van der Waals surface area contributed by atoms with Gasteiger partial charge in [-0.2, -0.15) is 0 Å². The number of hydrogen-bond donors (Lipinski definition) is 1. The Labute approximate surface area is 163 Å². The van der Waals surface area contributed by atoms with Crippen LogP contribution < -0.4 is 5.32 Å². The summed E-state index contributed by atoms with van der Waals surface area (Å²) < 4.78 is 7.52. The number of pyridine rings is 1. The van der Waals surface area contributed by atoms with E-state index in [0.29, 0.717) is 24.5 Å². The van der Waals surface area contributed by atoms with Crippen molar-refractivity contribution >= 4 is 6.03 Å². The molecule has 4 rings (SSSR count). The van der Waals surface area contributed by atoms with Gasteiger partial charge in [0.1, 0.15) is 11.5 Å². The fourth-order valence-electron chi connectivity index (χ4n) is 3.24. The summed E-state index contributed by atoms with van der Waals surface area (Å²) in [5, 5.41) is 7.12. The Morgan fingerprint density at radius 3 is 2.93 bits per heavy atom. The highest BCUT2D eigenvalue weighted by Gasteiger charge is 2.43. The van der Waals surface area contributed by atoms with E-state index >= 15 is 0 Å². The lowest BCUT2D eigenvalue weighted by molar-refractivity contribution is 0.197. The molecule has 146 valence electrons. The zero-order chi connectivity index (χ0) is 19.6. The van der Waals surface area contributed by atoms with Gasteiger partial charge in [-0.15, -0.1) is 0 Å². The van der Waals surface area contributed by atoms with Crippen molar-refractivity contribution in [1.82, 2.24) is 29.9 Å². The second-order valence-electron chi connectivity index (χ2n) is 7.54. The molecule has 3 aromatic heterocycles. The summed E-state index contributed by atoms with van der Waals surface area (Å²) >= 11 is 0. The number of nitrogens with one attached hydrogen (secondary N) is 1. The molecule has 0 bridgehead atoms. The Balaban J connectivity index is 1.29. The molecule has 1 fully saturated rings. The third-order valence-electron chi connectivity index (χ3n) is 5.26. The molecule has 0 atom stereocenters. The van der Waals surface area contributed by atoms with Crippen molar-refractivity contribution in [3.8, 4) is 11.3 Å². The van der Waals surface area contributed by atoms with Crippen LogP contribution in [0.3, 0.4) is 0 Å². The van der Waals surface area contributed by atoms with Gasteiger partial charge in [-0.1, -0.05) is 5.16 Å². The van der Waals surface area contributed by atoms with Crippen LogP contribution in [0, 0.1) is 12.3 Å². The second-order valence-corrected chi connectivity index (χ2v) is 7.54. The largest absolute Gasteiger partial charge is 0.359 e. The van der Waals surface area contributed by atoms with E-state index in [9.17, 15) is 4.79 Å². The number of imidazole rings is 1. The first-order chi connectivity index (χ1) is 13.5. The van der Waals surface area contributed by atoms with Gasteiger partial charge in [-0.3, -0.25) is 4.98 Å². The third kappa shape index (κ3) is 4.05. The van der Waals surface area contributed by atoms with E-state index in [2.05, 4.69) is 25.0 Å². The number of amides is 2. The van der Waals surface area contributed by atoms with E-state index < -0.39 is 0 Å². The highest BCUT2D eigenvalue weighted by atomic mass is 16.5. The molecule has 0 spiro atoms. The van der Waals surface area contributed by atoms with Crippen molar-refractivity contribution in [2.75, 3.05) is 13.6 Å². The summed E-state index contributed by atoms with van der Waals surface area (Å²) in [5.74, 6) is 1.64. The molecule has 0 unspecified atom stereocenters. The van der Waals surface area contributed by atoms with Crippen LogP contribution in [0.5, 0.6) is 0 Å². The van der Waals surface area contributed by atoms with Gasteiger partial charge in [0.2, 0.25) is 0 Å². The van der Waals surface area contributed by atoms with Gasteiger partial charge in [-0.05, 0) is 31.9 Å². The number of carbonyl (C=O) groups is 1. The molecule has 1 saturated carbocycles. The Hall–Kier alpha value is -3.16. The van der Waals surface area contributed by atoms with Crippen LogP contribution in [0.1, 0.15) is 24.4 Å². The minimum atomic E-state index is -0.118. The topological polar surface area (TPSA) is 89.1 Å². The molecule has 8 nitrogen and oxygen atoms in total. The van der Waals surface area contributed by atoms with Gasteiger partial charge >= 0.3 is 6.03 Å². The fourth-order valence-corrected chi connectivity index (χ4v) is 3.24. The molecule has 0 radical (unpaired) electrons. The van der Waals surface area contributed by atoms with Gasteiger partial charge in [0.15, 0.2) is 5.76 Å². The first-order valence-electron chi connectivity index (χ1n) is 9.37. The molecule has 0 aliphatic heterocycles. The second kappa shape index (κ2) is 7.46. The molecule has 3 aromatic rings. The number of carbonyl (C=O) groups excluding carboxylic acids is 1. The average molecular weight is 380 g/mol. The zero-order valence-electron chi connectivity index (χ0n) is 16.1. The van der Waals surface area contributed by atoms with Crippen molar-refractivity contribution in [2.24, 2.45) is 5.41 Å². The monoisotopic (exact) mass is 380 g/mol. The SMILES string of the molecule is Cc1nccn1CC1(CNC(=O)N(C)Cc2cc(-c3cccnc3)no2)CC1. The Kier molecular flexibility index (Phi) is 4.85. The van der Waals surface area contributed by atoms with Gasteiger partial charge in [0, 0.05) is 62.0 Å². The molecule has 0 aromatic carbocycles. The first-order valence-corrected chi connectivity index (χ1v) is 9.37. The predicted molar refractivity (Wildman–Crippen MR) is 103 cm³/mol. The summed E-state index contributed by atoms with van der Waals surface area (Å²) in [6, 6.07) is 5.49. The van der Waals surface area contributed by atoms with E-state index in [4.69, 9.17) is 4.52 Å². The Morgan fingerprint density at radius 1 is 1.39 bits per heavy atom. The smallest absolute Gasteiger partial charge is 0.317 e. The minimum Gasteiger partial charge on any atom is -0.359 e. The summed E-state index contributed by atoms with van der Waals surface area (Å²) in [4.78, 5) is 22.4. The third-order valence-corrected chi connectivity index (χ3v) is 5.26. The van der Waals surface area contributed by atoms with Gasteiger partial charge in [0.05, 0.1) is 6.54 Å². The fraction of sp³-hybridized carbons (Fsp3) is 0.400. The van der Waals surface area contributed by atoms with E-state index in [-0.39, 0.29) is 11.4 Å². The predicted octanol–water partition coefficient (Wildman–Crippen LogP) is 2.86. The summed E-state index contributed by atoms with van der Waals surface area (Å²) in [6.45, 7) is 3.90. The van der Waals surface area contributed by atoms with Crippen LogP contribution >= 0.6 is 0 Å². The molecular weight excluding hydrogens is 356 g/mol. The molecule has 1 aliphatic rings. The van der Waals surface area contributed by atoms with Crippen LogP contribution in [-0.4, -0.2) is 44.2 Å². The Morgan fingerprint density at radius 2 is 2.25 bits per heavy atom. The van der Waals surface area contributed by atoms with E-state index in [1.54, 1.807) is 24.3 Å². The lowest BCUT2D eigenvalue weighted by Crippen LogP contribution is -2.40. The quantitative estimate of drug-likeness (QED) is 0.681.